The van der Waals surface area contributed by atoms with Gasteiger partial charge in [0.1, 0.15) is 0 Å². The van der Waals surface area contributed by atoms with E-state index in [1.165, 1.54) is 17.0 Å². The first-order valence-electron chi connectivity index (χ1n) is 6.12. The van der Waals surface area contributed by atoms with E-state index in [0.717, 1.165) is 0 Å². The Kier molecular flexibility index (Phi) is 5.51. The van der Waals surface area contributed by atoms with Crippen LogP contribution in [0.25, 0.3) is 0 Å². The highest BCUT2D eigenvalue weighted by atomic mass is 16.5. The number of hydrogen-bond donors (Lipinski definition) is 1. The Bertz CT molecular complexity index is 457. The molecule has 0 aliphatic rings. The van der Waals surface area contributed by atoms with E-state index >= 15 is 0 Å². The first-order chi connectivity index (χ1) is 8.91. The highest BCUT2D eigenvalue weighted by molar-refractivity contribution is 5.97. The number of carboxylic acids is 1. The number of aromatic carboxylic acids is 1. The summed E-state index contributed by atoms with van der Waals surface area (Å²) in [4.78, 5) is 24.4. The van der Waals surface area contributed by atoms with Crippen molar-refractivity contribution in [3.8, 4) is 0 Å². The average Bonchev–Trinajstić information content (AvgIpc) is 2.37. The van der Waals surface area contributed by atoms with Crippen LogP contribution < -0.4 is 0 Å². The van der Waals surface area contributed by atoms with E-state index in [2.05, 4.69) is 0 Å². The molecular formula is C14H19NO4. The summed E-state index contributed by atoms with van der Waals surface area (Å²) < 4.78 is 5.37. The van der Waals surface area contributed by atoms with E-state index in [1.807, 2.05) is 13.8 Å². The lowest BCUT2D eigenvalue weighted by atomic mass is 10.1. The fraction of sp³-hybridized carbons (Fsp3) is 0.429. The van der Waals surface area contributed by atoms with Crippen molar-refractivity contribution >= 4 is 11.9 Å². The van der Waals surface area contributed by atoms with Gasteiger partial charge in [-0.05, 0) is 32.0 Å². The Morgan fingerprint density at radius 3 is 2.53 bits per heavy atom. The number of likely N-dealkylation sites (N-methyl/N-ethyl adjacent to an activating group) is 1. The van der Waals surface area contributed by atoms with Crippen molar-refractivity contribution in [2.75, 3.05) is 20.2 Å². The Morgan fingerprint density at radius 1 is 1.32 bits per heavy atom. The number of carboxylic acid groups (broad SMARTS) is 1. The molecule has 0 aliphatic carbocycles. The molecule has 0 unspecified atom stereocenters. The average molecular weight is 265 g/mol. The molecule has 0 saturated carbocycles. The molecule has 5 heteroatoms. The molecule has 1 amide bonds. The van der Waals surface area contributed by atoms with Gasteiger partial charge in [0.05, 0.1) is 18.3 Å². The van der Waals surface area contributed by atoms with Crippen LogP contribution in [0.5, 0.6) is 0 Å². The maximum atomic E-state index is 12.1. The SMILES string of the molecule is CC(C)OCCN(C)C(=O)c1cccc(C(=O)O)c1. The summed E-state index contributed by atoms with van der Waals surface area (Å²) in [6.45, 7) is 4.78. The number of benzene rings is 1. The predicted octanol–water partition coefficient (Wildman–Crippen LogP) is 1.88. The van der Waals surface area contributed by atoms with Crippen molar-refractivity contribution in [3.05, 3.63) is 35.4 Å². The monoisotopic (exact) mass is 265 g/mol. The van der Waals surface area contributed by atoms with Gasteiger partial charge in [0.2, 0.25) is 0 Å². The molecule has 0 fully saturated rings. The van der Waals surface area contributed by atoms with Crippen LogP contribution in [0.15, 0.2) is 24.3 Å². The molecule has 1 aromatic rings. The second kappa shape index (κ2) is 6.89. The van der Waals surface area contributed by atoms with E-state index in [9.17, 15) is 9.59 Å². The Morgan fingerprint density at radius 2 is 1.95 bits per heavy atom. The van der Waals surface area contributed by atoms with Gasteiger partial charge < -0.3 is 14.7 Å². The van der Waals surface area contributed by atoms with Gasteiger partial charge in [0.15, 0.2) is 0 Å². The highest BCUT2D eigenvalue weighted by Gasteiger charge is 2.13. The first kappa shape index (κ1) is 15.2. The summed E-state index contributed by atoms with van der Waals surface area (Å²) in [5, 5.41) is 8.89. The van der Waals surface area contributed by atoms with Crippen molar-refractivity contribution in [1.29, 1.82) is 0 Å². The minimum Gasteiger partial charge on any atom is -0.478 e. The smallest absolute Gasteiger partial charge is 0.335 e. The van der Waals surface area contributed by atoms with Gasteiger partial charge in [-0.25, -0.2) is 4.79 Å². The molecule has 1 aromatic carbocycles. The van der Waals surface area contributed by atoms with E-state index in [0.29, 0.717) is 18.7 Å². The summed E-state index contributed by atoms with van der Waals surface area (Å²) in [6, 6.07) is 6.01. The maximum absolute atomic E-state index is 12.1. The number of nitrogens with zero attached hydrogens (tertiary/aromatic N) is 1. The number of carbonyl (C=O) groups is 2. The quantitative estimate of drug-likeness (QED) is 0.852. The molecule has 0 bridgehead atoms. The van der Waals surface area contributed by atoms with Crippen LogP contribution in [0.4, 0.5) is 0 Å². The van der Waals surface area contributed by atoms with Gasteiger partial charge in [-0.1, -0.05) is 6.07 Å². The number of ether oxygens (including phenoxy) is 1. The fourth-order valence-corrected chi connectivity index (χ4v) is 1.53. The van der Waals surface area contributed by atoms with Gasteiger partial charge >= 0.3 is 5.97 Å². The molecule has 5 nitrogen and oxygen atoms in total. The van der Waals surface area contributed by atoms with E-state index in [4.69, 9.17) is 9.84 Å². The third kappa shape index (κ3) is 4.71. The molecule has 0 radical (unpaired) electrons. The van der Waals surface area contributed by atoms with Crippen molar-refractivity contribution < 1.29 is 19.4 Å². The van der Waals surface area contributed by atoms with E-state index in [1.54, 1.807) is 19.2 Å². The second-order valence-corrected chi connectivity index (χ2v) is 4.53. The molecule has 1 N–H and O–H groups in total. The largest absolute Gasteiger partial charge is 0.478 e. The zero-order chi connectivity index (χ0) is 14.4. The molecule has 1 rings (SSSR count). The molecule has 0 spiro atoms. The third-order valence-electron chi connectivity index (χ3n) is 2.58. The summed E-state index contributed by atoms with van der Waals surface area (Å²) in [5.74, 6) is -1.25. The molecule has 104 valence electrons. The number of carbonyl (C=O) groups excluding carboxylic acids is 1. The number of rotatable bonds is 6. The summed E-state index contributed by atoms with van der Waals surface area (Å²) in [5.41, 5.74) is 0.477. The molecule has 0 aliphatic heterocycles. The van der Waals surface area contributed by atoms with Crippen LogP contribution in [0, 0.1) is 0 Å². The molecular weight excluding hydrogens is 246 g/mol. The predicted molar refractivity (Wildman–Crippen MR) is 71.4 cm³/mol. The van der Waals surface area contributed by atoms with Gasteiger partial charge in [0.25, 0.3) is 5.91 Å². The van der Waals surface area contributed by atoms with Crippen LogP contribution in [0.2, 0.25) is 0 Å². The zero-order valence-corrected chi connectivity index (χ0v) is 11.4. The number of hydrogen-bond acceptors (Lipinski definition) is 3. The Labute approximate surface area is 112 Å². The lowest BCUT2D eigenvalue weighted by molar-refractivity contribution is 0.0532. The highest BCUT2D eigenvalue weighted by Crippen LogP contribution is 2.08. The summed E-state index contributed by atoms with van der Waals surface area (Å²) in [7, 11) is 1.67. The van der Waals surface area contributed by atoms with Crippen molar-refractivity contribution in [2.45, 2.75) is 20.0 Å². The first-order valence-corrected chi connectivity index (χ1v) is 6.12. The molecule has 0 heterocycles. The van der Waals surface area contributed by atoms with Crippen LogP contribution in [0.3, 0.4) is 0 Å². The second-order valence-electron chi connectivity index (χ2n) is 4.53. The molecule has 19 heavy (non-hydrogen) atoms. The van der Waals surface area contributed by atoms with Crippen LogP contribution >= 0.6 is 0 Å². The molecule has 0 atom stereocenters. The lowest BCUT2D eigenvalue weighted by Crippen LogP contribution is -2.30. The van der Waals surface area contributed by atoms with E-state index < -0.39 is 5.97 Å². The van der Waals surface area contributed by atoms with Gasteiger partial charge in [0, 0.05) is 19.2 Å². The van der Waals surface area contributed by atoms with Crippen LogP contribution in [-0.2, 0) is 4.74 Å². The van der Waals surface area contributed by atoms with Crippen LogP contribution in [-0.4, -0.2) is 48.2 Å². The van der Waals surface area contributed by atoms with Gasteiger partial charge in [-0.2, -0.15) is 0 Å². The maximum Gasteiger partial charge on any atom is 0.335 e. The minimum atomic E-state index is -1.04. The van der Waals surface area contributed by atoms with E-state index in [-0.39, 0.29) is 17.6 Å². The topological polar surface area (TPSA) is 66.8 Å². The Hall–Kier alpha value is -1.88. The van der Waals surface area contributed by atoms with Crippen molar-refractivity contribution in [3.63, 3.8) is 0 Å². The van der Waals surface area contributed by atoms with Crippen molar-refractivity contribution in [2.24, 2.45) is 0 Å². The number of amides is 1. The van der Waals surface area contributed by atoms with Crippen molar-refractivity contribution in [1.82, 2.24) is 4.90 Å². The Balaban J connectivity index is 2.66. The summed E-state index contributed by atoms with van der Waals surface area (Å²) in [6.07, 6.45) is 0.124. The third-order valence-corrected chi connectivity index (χ3v) is 2.58. The zero-order valence-electron chi connectivity index (χ0n) is 11.4. The van der Waals surface area contributed by atoms with Gasteiger partial charge in [-0.3, -0.25) is 4.79 Å². The summed E-state index contributed by atoms with van der Waals surface area (Å²) >= 11 is 0. The molecule has 0 saturated heterocycles. The lowest BCUT2D eigenvalue weighted by Gasteiger charge is -2.18. The normalized spacial score (nSPS) is 10.5. The fourth-order valence-electron chi connectivity index (χ4n) is 1.53. The van der Waals surface area contributed by atoms with Gasteiger partial charge in [-0.15, -0.1) is 0 Å². The molecule has 0 aromatic heterocycles. The van der Waals surface area contributed by atoms with Crippen LogP contribution in [0.1, 0.15) is 34.6 Å². The standard InChI is InChI=1S/C14H19NO4/c1-10(2)19-8-7-15(3)13(16)11-5-4-6-12(9-11)14(17)18/h4-6,9-10H,7-8H2,1-3H3,(H,17,18). The minimum absolute atomic E-state index is 0.109.